The van der Waals surface area contributed by atoms with Gasteiger partial charge in [0.25, 0.3) is 0 Å². The minimum Gasteiger partial charge on any atom is -0.343 e. The minimum atomic E-state index is -0.539. The number of hydrogen-bond acceptors (Lipinski definition) is 4. The molecule has 1 aromatic heterocycles. The maximum absolute atomic E-state index is 5.96. The van der Waals surface area contributed by atoms with Crippen molar-refractivity contribution in [2.45, 2.75) is 31.7 Å². The van der Waals surface area contributed by atoms with Gasteiger partial charge in [0.15, 0.2) is 5.79 Å². The zero-order chi connectivity index (χ0) is 15.0. The number of nitrogens with one attached hydrogen (secondary N) is 1. The lowest BCUT2D eigenvalue weighted by molar-refractivity contribution is -0.166. The number of fused-ring (bicyclic) bond motifs is 2. The predicted octanol–water partition coefficient (Wildman–Crippen LogP) is 2.82. The molecule has 1 fully saturated rings. The third kappa shape index (κ3) is 2.33. The highest BCUT2D eigenvalue weighted by Crippen LogP contribution is 2.48. The third-order valence-electron chi connectivity index (χ3n) is 4.49. The number of aryl methyl sites for hydroxylation is 1. The zero-order valence-electron chi connectivity index (χ0n) is 12.7. The molecule has 4 rings (SSSR count). The van der Waals surface area contributed by atoms with E-state index < -0.39 is 5.79 Å². The number of pyridine rings is 1. The zero-order valence-corrected chi connectivity index (χ0v) is 12.7. The van der Waals surface area contributed by atoms with Crippen molar-refractivity contribution in [1.82, 2.24) is 10.3 Å². The summed E-state index contributed by atoms with van der Waals surface area (Å²) in [5, 5.41) is 3.64. The number of ether oxygens (including phenoxy) is 2. The molecule has 4 heteroatoms. The standard InChI is InChI=1S/C18H20N2O2/c1-13-10-14(6-7-19-13)12-20-17-11-18(21-8-9-22-18)16-5-3-2-4-15(16)17/h2-7,10,17,20H,8-9,11-12H2,1H3. The van der Waals surface area contributed by atoms with E-state index in [1.807, 2.05) is 13.1 Å². The number of rotatable bonds is 3. The van der Waals surface area contributed by atoms with Crippen LogP contribution in [0.4, 0.5) is 0 Å². The van der Waals surface area contributed by atoms with Gasteiger partial charge >= 0.3 is 0 Å². The predicted molar refractivity (Wildman–Crippen MR) is 83.2 cm³/mol. The Morgan fingerprint density at radius 1 is 1.23 bits per heavy atom. The molecule has 1 aliphatic heterocycles. The highest BCUT2D eigenvalue weighted by atomic mass is 16.7. The molecule has 0 saturated carbocycles. The second-order valence-electron chi connectivity index (χ2n) is 5.98. The Balaban J connectivity index is 1.56. The van der Waals surface area contributed by atoms with Gasteiger partial charge in [0.1, 0.15) is 0 Å². The smallest absolute Gasteiger partial charge is 0.197 e. The fraction of sp³-hybridized carbons (Fsp3) is 0.389. The van der Waals surface area contributed by atoms with Gasteiger partial charge in [-0.15, -0.1) is 0 Å². The SMILES string of the molecule is Cc1cc(CNC2CC3(OCCO3)c3ccccc32)ccn1. The van der Waals surface area contributed by atoms with E-state index in [-0.39, 0.29) is 6.04 Å². The molecule has 2 heterocycles. The summed E-state index contributed by atoms with van der Waals surface area (Å²) in [6, 6.07) is 12.9. The van der Waals surface area contributed by atoms with Crippen LogP contribution in [0.25, 0.3) is 0 Å². The van der Waals surface area contributed by atoms with E-state index in [1.54, 1.807) is 0 Å². The van der Waals surface area contributed by atoms with E-state index in [0.717, 1.165) is 18.7 Å². The van der Waals surface area contributed by atoms with Gasteiger partial charge in [0.05, 0.1) is 13.2 Å². The van der Waals surface area contributed by atoms with Crippen molar-refractivity contribution in [3.8, 4) is 0 Å². The summed E-state index contributed by atoms with van der Waals surface area (Å²) in [7, 11) is 0. The molecule has 22 heavy (non-hydrogen) atoms. The average molecular weight is 296 g/mol. The first-order chi connectivity index (χ1) is 10.8. The van der Waals surface area contributed by atoms with E-state index in [2.05, 4.69) is 46.7 Å². The van der Waals surface area contributed by atoms with Crippen LogP contribution in [0, 0.1) is 6.92 Å². The van der Waals surface area contributed by atoms with Crippen molar-refractivity contribution < 1.29 is 9.47 Å². The minimum absolute atomic E-state index is 0.253. The van der Waals surface area contributed by atoms with Crippen LogP contribution in [0.15, 0.2) is 42.6 Å². The fourth-order valence-corrected chi connectivity index (χ4v) is 3.50. The lowest BCUT2D eigenvalue weighted by Gasteiger charge is -2.23. The summed E-state index contributed by atoms with van der Waals surface area (Å²) in [6.07, 6.45) is 2.69. The molecular formula is C18H20N2O2. The van der Waals surface area contributed by atoms with Crippen molar-refractivity contribution >= 4 is 0 Å². The summed E-state index contributed by atoms with van der Waals surface area (Å²) < 4.78 is 11.9. The first-order valence-corrected chi connectivity index (χ1v) is 7.79. The number of aromatic nitrogens is 1. The van der Waals surface area contributed by atoms with Crippen molar-refractivity contribution in [2.24, 2.45) is 0 Å². The third-order valence-corrected chi connectivity index (χ3v) is 4.49. The van der Waals surface area contributed by atoms with Gasteiger partial charge < -0.3 is 14.8 Å². The molecule has 1 aliphatic carbocycles. The summed E-state index contributed by atoms with van der Waals surface area (Å²) >= 11 is 0. The van der Waals surface area contributed by atoms with Gasteiger partial charge in [-0.05, 0) is 30.2 Å². The molecule has 1 aromatic carbocycles. The van der Waals surface area contributed by atoms with Crippen LogP contribution >= 0.6 is 0 Å². The molecule has 114 valence electrons. The largest absolute Gasteiger partial charge is 0.343 e. The van der Waals surface area contributed by atoms with Crippen LogP contribution < -0.4 is 5.32 Å². The highest BCUT2D eigenvalue weighted by molar-refractivity contribution is 5.39. The maximum atomic E-state index is 5.96. The number of hydrogen-bond donors (Lipinski definition) is 1. The van der Waals surface area contributed by atoms with Crippen LogP contribution in [0.5, 0.6) is 0 Å². The Morgan fingerprint density at radius 2 is 2.05 bits per heavy atom. The number of benzene rings is 1. The van der Waals surface area contributed by atoms with Crippen molar-refractivity contribution in [2.75, 3.05) is 13.2 Å². The van der Waals surface area contributed by atoms with E-state index in [4.69, 9.17) is 9.47 Å². The second-order valence-corrected chi connectivity index (χ2v) is 5.98. The highest BCUT2D eigenvalue weighted by Gasteiger charge is 2.48. The molecule has 1 saturated heterocycles. The molecule has 2 aliphatic rings. The Labute approximate surface area is 130 Å². The average Bonchev–Trinajstić information content (AvgIpc) is 3.13. The first-order valence-electron chi connectivity index (χ1n) is 7.79. The molecule has 1 unspecified atom stereocenters. The Hall–Kier alpha value is -1.75. The topological polar surface area (TPSA) is 43.4 Å². The molecule has 0 amide bonds. The van der Waals surface area contributed by atoms with E-state index in [1.165, 1.54) is 16.7 Å². The monoisotopic (exact) mass is 296 g/mol. The Bertz CT molecular complexity index is 680. The Kier molecular flexibility index (Phi) is 3.45. The Morgan fingerprint density at radius 3 is 2.86 bits per heavy atom. The molecule has 1 atom stereocenters. The van der Waals surface area contributed by atoms with Crippen molar-refractivity contribution in [1.29, 1.82) is 0 Å². The summed E-state index contributed by atoms with van der Waals surface area (Å²) in [4.78, 5) is 4.25. The van der Waals surface area contributed by atoms with E-state index in [9.17, 15) is 0 Å². The van der Waals surface area contributed by atoms with Crippen molar-refractivity contribution in [3.05, 3.63) is 65.0 Å². The number of nitrogens with zero attached hydrogens (tertiary/aromatic N) is 1. The van der Waals surface area contributed by atoms with Crippen LogP contribution in [0.3, 0.4) is 0 Å². The molecule has 1 spiro atoms. The maximum Gasteiger partial charge on any atom is 0.197 e. The van der Waals surface area contributed by atoms with Gasteiger partial charge in [-0.3, -0.25) is 4.98 Å². The second kappa shape index (κ2) is 5.47. The summed E-state index contributed by atoms with van der Waals surface area (Å²) in [5.41, 5.74) is 4.76. The normalized spacial score (nSPS) is 22.1. The molecular weight excluding hydrogens is 276 g/mol. The molecule has 4 nitrogen and oxygen atoms in total. The van der Waals surface area contributed by atoms with Gasteiger partial charge in [-0.25, -0.2) is 0 Å². The van der Waals surface area contributed by atoms with Gasteiger partial charge in [0, 0.05) is 36.5 Å². The summed E-state index contributed by atoms with van der Waals surface area (Å²) in [6.45, 7) is 4.18. The first kappa shape index (κ1) is 13.9. The molecule has 2 aromatic rings. The van der Waals surface area contributed by atoms with Gasteiger partial charge in [-0.1, -0.05) is 24.3 Å². The van der Waals surface area contributed by atoms with Crippen LogP contribution in [0.2, 0.25) is 0 Å². The van der Waals surface area contributed by atoms with Crippen molar-refractivity contribution in [3.63, 3.8) is 0 Å². The summed E-state index contributed by atoms with van der Waals surface area (Å²) in [5.74, 6) is -0.539. The fourth-order valence-electron chi connectivity index (χ4n) is 3.50. The molecule has 0 bridgehead atoms. The van der Waals surface area contributed by atoms with Crippen LogP contribution in [-0.2, 0) is 21.8 Å². The van der Waals surface area contributed by atoms with Crippen LogP contribution in [-0.4, -0.2) is 18.2 Å². The van der Waals surface area contributed by atoms with Gasteiger partial charge in [-0.2, -0.15) is 0 Å². The van der Waals surface area contributed by atoms with E-state index in [0.29, 0.717) is 13.2 Å². The van der Waals surface area contributed by atoms with Crippen LogP contribution in [0.1, 0.15) is 34.8 Å². The quantitative estimate of drug-likeness (QED) is 0.946. The van der Waals surface area contributed by atoms with Gasteiger partial charge in [0.2, 0.25) is 0 Å². The molecule has 0 radical (unpaired) electrons. The van der Waals surface area contributed by atoms with E-state index >= 15 is 0 Å². The lowest BCUT2D eigenvalue weighted by Crippen LogP contribution is -2.26. The lowest BCUT2D eigenvalue weighted by atomic mass is 10.1. The molecule has 1 N–H and O–H groups in total.